The summed E-state index contributed by atoms with van der Waals surface area (Å²) in [5.74, 6) is 0. The van der Waals surface area contributed by atoms with Gasteiger partial charge >= 0.3 is 0 Å². The molecule has 4 heteroatoms. The molecule has 0 spiro atoms. The molecule has 4 atom stereocenters. The van der Waals surface area contributed by atoms with E-state index in [-0.39, 0.29) is 18.2 Å². The van der Waals surface area contributed by atoms with Gasteiger partial charge in [-0.1, -0.05) is 6.92 Å². The van der Waals surface area contributed by atoms with E-state index in [1.165, 1.54) is 0 Å². The maximum Gasteiger partial charge on any atom is 0.0988 e. The van der Waals surface area contributed by atoms with Gasteiger partial charge in [-0.25, -0.2) is 0 Å². The monoisotopic (exact) mass is 229 g/mol. The predicted octanol–water partition coefficient (Wildman–Crippen LogP) is 1.08. The Morgan fingerprint density at radius 1 is 1.38 bits per heavy atom. The number of ether oxygens (including phenoxy) is 3. The van der Waals surface area contributed by atoms with Crippen molar-refractivity contribution in [3.8, 4) is 0 Å². The summed E-state index contributed by atoms with van der Waals surface area (Å²) in [5, 5.41) is 0. The molecule has 0 aromatic heterocycles. The molecule has 1 saturated heterocycles. The first-order valence-electron chi connectivity index (χ1n) is 6.41. The van der Waals surface area contributed by atoms with Gasteiger partial charge in [0.05, 0.1) is 24.9 Å². The maximum atomic E-state index is 5.90. The molecule has 2 N–H and O–H groups in total. The molecule has 4 unspecified atom stereocenters. The van der Waals surface area contributed by atoms with Crippen molar-refractivity contribution in [3.63, 3.8) is 0 Å². The van der Waals surface area contributed by atoms with Crippen molar-refractivity contribution in [2.75, 3.05) is 19.8 Å². The second-order valence-electron chi connectivity index (χ2n) is 4.74. The minimum absolute atomic E-state index is 0.0985. The zero-order valence-corrected chi connectivity index (χ0v) is 10.1. The Hall–Kier alpha value is -0.160. The summed E-state index contributed by atoms with van der Waals surface area (Å²) in [6.45, 7) is 4.46. The smallest absolute Gasteiger partial charge is 0.0988 e. The minimum atomic E-state index is 0.0985. The SMILES string of the molecule is CCCOC1C(N)CC1OCC1CCCO1. The zero-order chi connectivity index (χ0) is 11.4. The third-order valence-corrected chi connectivity index (χ3v) is 3.33. The average molecular weight is 229 g/mol. The van der Waals surface area contributed by atoms with Crippen LogP contribution in [0.15, 0.2) is 0 Å². The fourth-order valence-electron chi connectivity index (χ4n) is 2.27. The highest BCUT2D eigenvalue weighted by atomic mass is 16.6. The van der Waals surface area contributed by atoms with Crippen LogP contribution in [0.5, 0.6) is 0 Å². The molecule has 0 amide bonds. The Kier molecular flexibility index (Phi) is 4.58. The third kappa shape index (κ3) is 2.94. The Balaban J connectivity index is 1.64. The van der Waals surface area contributed by atoms with Gasteiger partial charge in [-0.2, -0.15) is 0 Å². The molecule has 1 aliphatic carbocycles. The van der Waals surface area contributed by atoms with Crippen molar-refractivity contribution in [2.45, 2.75) is 57.0 Å². The fourth-order valence-corrected chi connectivity index (χ4v) is 2.27. The van der Waals surface area contributed by atoms with Crippen LogP contribution in [-0.4, -0.2) is 44.2 Å². The van der Waals surface area contributed by atoms with E-state index >= 15 is 0 Å². The van der Waals surface area contributed by atoms with Gasteiger partial charge in [0.2, 0.25) is 0 Å². The van der Waals surface area contributed by atoms with Crippen LogP contribution >= 0.6 is 0 Å². The molecule has 0 bridgehead atoms. The Morgan fingerprint density at radius 2 is 2.25 bits per heavy atom. The molecule has 1 heterocycles. The molecule has 1 saturated carbocycles. The summed E-state index contributed by atoms with van der Waals surface area (Å²) in [4.78, 5) is 0. The van der Waals surface area contributed by atoms with Crippen LogP contribution in [0, 0.1) is 0 Å². The lowest BCUT2D eigenvalue weighted by Gasteiger charge is -2.42. The molecule has 16 heavy (non-hydrogen) atoms. The molecule has 0 radical (unpaired) electrons. The molecular weight excluding hydrogens is 206 g/mol. The summed E-state index contributed by atoms with van der Waals surface area (Å²) in [7, 11) is 0. The van der Waals surface area contributed by atoms with E-state index in [1.807, 2.05) is 0 Å². The average Bonchev–Trinajstić information content (AvgIpc) is 2.77. The van der Waals surface area contributed by atoms with Gasteiger partial charge in [-0.3, -0.25) is 0 Å². The minimum Gasteiger partial charge on any atom is -0.376 e. The van der Waals surface area contributed by atoms with Gasteiger partial charge in [0, 0.05) is 19.3 Å². The van der Waals surface area contributed by atoms with Crippen molar-refractivity contribution in [1.82, 2.24) is 0 Å². The first kappa shape index (κ1) is 12.3. The second-order valence-corrected chi connectivity index (χ2v) is 4.74. The number of hydrogen-bond donors (Lipinski definition) is 1. The van der Waals surface area contributed by atoms with Crippen LogP contribution in [0.4, 0.5) is 0 Å². The lowest BCUT2D eigenvalue weighted by Crippen LogP contribution is -2.58. The van der Waals surface area contributed by atoms with E-state index in [1.54, 1.807) is 0 Å². The van der Waals surface area contributed by atoms with Crippen LogP contribution in [0.3, 0.4) is 0 Å². The normalized spacial score (nSPS) is 38.6. The molecule has 2 fully saturated rings. The van der Waals surface area contributed by atoms with Crippen molar-refractivity contribution in [2.24, 2.45) is 5.73 Å². The highest BCUT2D eigenvalue weighted by molar-refractivity contribution is 4.95. The van der Waals surface area contributed by atoms with E-state index in [0.29, 0.717) is 12.7 Å². The first-order chi connectivity index (χ1) is 7.81. The lowest BCUT2D eigenvalue weighted by molar-refractivity contribution is -0.151. The van der Waals surface area contributed by atoms with Crippen LogP contribution in [0.25, 0.3) is 0 Å². The van der Waals surface area contributed by atoms with Gasteiger partial charge in [0.1, 0.15) is 0 Å². The summed E-state index contributed by atoms with van der Waals surface area (Å²) >= 11 is 0. The third-order valence-electron chi connectivity index (χ3n) is 3.33. The van der Waals surface area contributed by atoms with Crippen LogP contribution in [0.2, 0.25) is 0 Å². The van der Waals surface area contributed by atoms with E-state index in [4.69, 9.17) is 19.9 Å². The van der Waals surface area contributed by atoms with E-state index < -0.39 is 0 Å². The fraction of sp³-hybridized carbons (Fsp3) is 1.00. The van der Waals surface area contributed by atoms with Gasteiger partial charge in [-0.15, -0.1) is 0 Å². The molecule has 0 aromatic carbocycles. The largest absolute Gasteiger partial charge is 0.376 e. The van der Waals surface area contributed by atoms with Gasteiger partial charge in [-0.05, 0) is 25.7 Å². The molecule has 0 aromatic rings. The topological polar surface area (TPSA) is 53.7 Å². The van der Waals surface area contributed by atoms with Crippen LogP contribution in [0.1, 0.15) is 32.6 Å². The van der Waals surface area contributed by atoms with Gasteiger partial charge in [0.15, 0.2) is 0 Å². The predicted molar refractivity (Wildman–Crippen MR) is 61.3 cm³/mol. The molecule has 94 valence electrons. The van der Waals surface area contributed by atoms with Gasteiger partial charge in [0.25, 0.3) is 0 Å². The van der Waals surface area contributed by atoms with Crippen molar-refractivity contribution in [1.29, 1.82) is 0 Å². The Labute approximate surface area is 97.4 Å². The summed E-state index contributed by atoms with van der Waals surface area (Å²) < 4.78 is 17.0. The van der Waals surface area contributed by atoms with Crippen molar-refractivity contribution >= 4 is 0 Å². The van der Waals surface area contributed by atoms with Crippen molar-refractivity contribution < 1.29 is 14.2 Å². The standard InChI is InChI=1S/C12H23NO3/c1-2-5-15-12-10(13)7-11(12)16-8-9-4-3-6-14-9/h9-12H,2-8,13H2,1H3. The summed E-state index contributed by atoms with van der Waals surface area (Å²) in [5.41, 5.74) is 5.90. The highest BCUT2D eigenvalue weighted by Gasteiger charge is 2.40. The first-order valence-corrected chi connectivity index (χ1v) is 6.41. The zero-order valence-electron chi connectivity index (χ0n) is 10.1. The van der Waals surface area contributed by atoms with E-state index in [9.17, 15) is 0 Å². The molecule has 2 rings (SSSR count). The van der Waals surface area contributed by atoms with E-state index in [0.717, 1.165) is 38.9 Å². The molecule has 2 aliphatic rings. The second kappa shape index (κ2) is 5.96. The summed E-state index contributed by atoms with van der Waals surface area (Å²) in [6, 6.07) is 0.154. The number of hydrogen-bond acceptors (Lipinski definition) is 4. The summed E-state index contributed by atoms with van der Waals surface area (Å²) in [6.07, 6.45) is 4.81. The van der Waals surface area contributed by atoms with Crippen molar-refractivity contribution in [3.05, 3.63) is 0 Å². The number of rotatable bonds is 6. The quantitative estimate of drug-likeness (QED) is 0.740. The highest BCUT2D eigenvalue weighted by Crippen LogP contribution is 2.26. The number of nitrogens with two attached hydrogens (primary N) is 1. The Morgan fingerprint density at radius 3 is 2.88 bits per heavy atom. The van der Waals surface area contributed by atoms with Crippen LogP contribution in [-0.2, 0) is 14.2 Å². The Bertz CT molecular complexity index is 206. The maximum absolute atomic E-state index is 5.90. The lowest BCUT2D eigenvalue weighted by atomic mass is 9.86. The van der Waals surface area contributed by atoms with Gasteiger partial charge < -0.3 is 19.9 Å². The molecule has 1 aliphatic heterocycles. The molecule has 4 nitrogen and oxygen atoms in total. The van der Waals surface area contributed by atoms with E-state index in [2.05, 4.69) is 6.92 Å². The molecular formula is C12H23NO3. The van der Waals surface area contributed by atoms with Crippen LogP contribution < -0.4 is 5.73 Å².